The maximum atomic E-state index is 3.81. The first-order valence-electron chi connectivity index (χ1n) is 13.0. The van der Waals surface area contributed by atoms with Gasteiger partial charge in [-0.15, -0.1) is 0 Å². The Kier molecular flexibility index (Phi) is 5.60. The zero-order valence-electron chi connectivity index (χ0n) is 20.8. The minimum Gasteiger partial charge on any atom is -0.0622 e. The molecule has 0 amide bonds. The van der Waals surface area contributed by atoms with Crippen molar-refractivity contribution < 1.29 is 0 Å². The van der Waals surface area contributed by atoms with Crippen molar-refractivity contribution in [3.05, 3.63) is 178 Å². The zero-order valence-corrected chi connectivity index (χ0v) is 22.4. The van der Waals surface area contributed by atoms with Crippen molar-refractivity contribution in [2.75, 3.05) is 0 Å². The Labute approximate surface area is 232 Å². The van der Waals surface area contributed by atoms with E-state index in [1.807, 2.05) is 0 Å². The van der Waals surface area contributed by atoms with Gasteiger partial charge in [-0.25, -0.2) is 0 Å². The van der Waals surface area contributed by atoms with Crippen molar-refractivity contribution >= 4 is 15.9 Å². The van der Waals surface area contributed by atoms with E-state index in [1.165, 1.54) is 55.6 Å². The lowest BCUT2D eigenvalue weighted by Crippen LogP contribution is -2.28. The molecule has 0 aliphatic heterocycles. The highest BCUT2D eigenvalue weighted by Crippen LogP contribution is 2.58. The topological polar surface area (TPSA) is 0 Å². The maximum Gasteiger partial charge on any atom is 0.0713 e. The van der Waals surface area contributed by atoms with E-state index < -0.39 is 5.41 Å². The second-order valence-electron chi connectivity index (χ2n) is 9.78. The van der Waals surface area contributed by atoms with E-state index in [0.717, 1.165) is 4.47 Å². The van der Waals surface area contributed by atoms with Gasteiger partial charge in [0.25, 0.3) is 0 Å². The molecule has 6 aromatic rings. The number of hydrogen-bond donors (Lipinski definition) is 0. The Morgan fingerprint density at radius 1 is 0.342 bits per heavy atom. The van der Waals surface area contributed by atoms with Gasteiger partial charge in [-0.3, -0.25) is 0 Å². The lowest BCUT2D eigenvalue weighted by atomic mass is 9.67. The van der Waals surface area contributed by atoms with Crippen LogP contribution >= 0.6 is 15.9 Å². The molecule has 180 valence electrons. The van der Waals surface area contributed by atoms with Gasteiger partial charge in [0.15, 0.2) is 0 Å². The molecule has 0 spiro atoms. The molecule has 0 N–H and O–H groups in total. The average molecular weight is 550 g/mol. The first-order valence-corrected chi connectivity index (χ1v) is 13.8. The van der Waals surface area contributed by atoms with Crippen LogP contribution in [0.15, 0.2) is 156 Å². The molecule has 0 saturated heterocycles. The third-order valence-corrected chi connectivity index (χ3v) is 8.56. The van der Waals surface area contributed by atoms with Crippen LogP contribution in [0.2, 0.25) is 0 Å². The molecule has 38 heavy (non-hydrogen) atoms. The normalized spacial score (nSPS) is 13.1. The summed E-state index contributed by atoms with van der Waals surface area (Å²) in [6.07, 6.45) is 0. The first-order chi connectivity index (χ1) is 18.8. The zero-order chi connectivity index (χ0) is 25.5. The number of benzene rings is 6. The molecule has 6 aromatic carbocycles. The standard InChI is InChI=1S/C37H25Br/c38-35-25-12-10-20-30(35)28-18-7-8-19-29(28)31-22-13-24-34-36(31)32-21-9-11-23-33(32)37(34,26-14-3-1-4-15-26)27-16-5-2-6-17-27/h1-25H. The Balaban J connectivity index is 1.60. The molecule has 1 heteroatoms. The third-order valence-electron chi connectivity index (χ3n) is 7.86. The molecule has 1 aliphatic carbocycles. The first kappa shape index (κ1) is 23.0. The molecule has 0 bridgehead atoms. The molecule has 0 unspecified atom stereocenters. The van der Waals surface area contributed by atoms with Crippen LogP contribution in [-0.2, 0) is 5.41 Å². The van der Waals surface area contributed by atoms with Crippen molar-refractivity contribution in [3.63, 3.8) is 0 Å². The van der Waals surface area contributed by atoms with E-state index in [1.54, 1.807) is 0 Å². The Bertz CT molecular complexity index is 1730. The second-order valence-corrected chi connectivity index (χ2v) is 10.6. The summed E-state index contributed by atoms with van der Waals surface area (Å²) in [6.45, 7) is 0. The van der Waals surface area contributed by atoms with Crippen LogP contribution in [0.1, 0.15) is 22.3 Å². The lowest BCUT2D eigenvalue weighted by molar-refractivity contribution is 0.768. The van der Waals surface area contributed by atoms with Crippen LogP contribution in [-0.4, -0.2) is 0 Å². The highest BCUT2D eigenvalue weighted by atomic mass is 79.9. The Morgan fingerprint density at radius 2 is 0.789 bits per heavy atom. The monoisotopic (exact) mass is 548 g/mol. The highest BCUT2D eigenvalue weighted by molar-refractivity contribution is 9.10. The van der Waals surface area contributed by atoms with E-state index >= 15 is 0 Å². The number of rotatable bonds is 4. The van der Waals surface area contributed by atoms with Crippen LogP contribution in [0.4, 0.5) is 0 Å². The quantitative estimate of drug-likeness (QED) is 0.205. The molecule has 0 fully saturated rings. The summed E-state index contributed by atoms with van der Waals surface area (Å²) in [6, 6.07) is 55.1. The number of fused-ring (bicyclic) bond motifs is 3. The van der Waals surface area contributed by atoms with Gasteiger partial charge in [-0.2, -0.15) is 0 Å². The fraction of sp³-hybridized carbons (Fsp3) is 0.0270. The van der Waals surface area contributed by atoms with Crippen molar-refractivity contribution in [1.82, 2.24) is 0 Å². The van der Waals surface area contributed by atoms with Gasteiger partial charge in [-0.1, -0.05) is 162 Å². The van der Waals surface area contributed by atoms with Gasteiger partial charge in [-0.05, 0) is 61.7 Å². The van der Waals surface area contributed by atoms with Gasteiger partial charge in [0.1, 0.15) is 0 Å². The summed E-state index contributed by atoms with van der Waals surface area (Å²) in [5.41, 5.74) is 12.4. The average Bonchev–Trinajstić information content (AvgIpc) is 3.30. The van der Waals surface area contributed by atoms with E-state index in [-0.39, 0.29) is 0 Å². The lowest BCUT2D eigenvalue weighted by Gasteiger charge is -2.34. The molecule has 1 aliphatic rings. The van der Waals surface area contributed by atoms with Gasteiger partial charge in [0, 0.05) is 4.47 Å². The summed E-state index contributed by atoms with van der Waals surface area (Å²) >= 11 is 3.81. The van der Waals surface area contributed by atoms with Gasteiger partial charge < -0.3 is 0 Å². The molecule has 0 atom stereocenters. The van der Waals surface area contributed by atoms with Crippen molar-refractivity contribution in [2.45, 2.75) is 5.41 Å². The fourth-order valence-electron chi connectivity index (χ4n) is 6.35. The SMILES string of the molecule is Brc1ccccc1-c1ccccc1-c1cccc2c1-c1ccccc1C2(c1ccccc1)c1ccccc1. The Morgan fingerprint density at radius 3 is 1.42 bits per heavy atom. The molecular weight excluding hydrogens is 524 g/mol. The van der Waals surface area contributed by atoms with Crippen LogP contribution in [0.25, 0.3) is 33.4 Å². The van der Waals surface area contributed by atoms with Crippen molar-refractivity contribution in [1.29, 1.82) is 0 Å². The maximum absolute atomic E-state index is 3.81. The number of halogens is 1. The van der Waals surface area contributed by atoms with E-state index in [9.17, 15) is 0 Å². The summed E-state index contributed by atoms with van der Waals surface area (Å²) in [5, 5.41) is 0. The van der Waals surface area contributed by atoms with Gasteiger partial charge >= 0.3 is 0 Å². The predicted octanol–water partition coefficient (Wildman–Crippen LogP) is 10.1. The summed E-state index contributed by atoms with van der Waals surface area (Å²) in [5.74, 6) is 0. The molecule has 0 radical (unpaired) electrons. The van der Waals surface area contributed by atoms with Crippen LogP contribution in [0, 0.1) is 0 Å². The van der Waals surface area contributed by atoms with E-state index in [2.05, 4.69) is 168 Å². The molecule has 0 nitrogen and oxygen atoms in total. The molecule has 7 rings (SSSR count). The largest absolute Gasteiger partial charge is 0.0713 e. The summed E-state index contributed by atoms with van der Waals surface area (Å²) in [4.78, 5) is 0. The minimum atomic E-state index is -0.396. The fourth-order valence-corrected chi connectivity index (χ4v) is 6.85. The van der Waals surface area contributed by atoms with Crippen molar-refractivity contribution in [3.8, 4) is 33.4 Å². The van der Waals surface area contributed by atoms with E-state index in [0.29, 0.717) is 0 Å². The smallest absolute Gasteiger partial charge is 0.0622 e. The molecule has 0 aromatic heterocycles. The highest BCUT2D eigenvalue weighted by Gasteiger charge is 2.46. The molecule has 0 heterocycles. The molecule has 0 saturated carbocycles. The van der Waals surface area contributed by atoms with Crippen LogP contribution in [0.3, 0.4) is 0 Å². The van der Waals surface area contributed by atoms with Crippen LogP contribution in [0.5, 0.6) is 0 Å². The van der Waals surface area contributed by atoms with Crippen molar-refractivity contribution in [2.24, 2.45) is 0 Å². The minimum absolute atomic E-state index is 0.396. The van der Waals surface area contributed by atoms with Gasteiger partial charge in [0.05, 0.1) is 5.41 Å². The van der Waals surface area contributed by atoms with Gasteiger partial charge in [0.2, 0.25) is 0 Å². The predicted molar refractivity (Wildman–Crippen MR) is 162 cm³/mol. The molecular formula is C37H25Br. The summed E-state index contributed by atoms with van der Waals surface area (Å²) in [7, 11) is 0. The van der Waals surface area contributed by atoms with E-state index in [4.69, 9.17) is 0 Å². The Hall–Kier alpha value is -4.20. The third kappa shape index (κ3) is 3.36. The number of hydrogen-bond acceptors (Lipinski definition) is 0. The van der Waals surface area contributed by atoms with Crippen LogP contribution < -0.4 is 0 Å². The second kappa shape index (κ2) is 9.28. The summed E-state index contributed by atoms with van der Waals surface area (Å²) < 4.78 is 1.10.